The van der Waals surface area contributed by atoms with E-state index in [1.165, 1.54) is 17.2 Å². The third-order valence-corrected chi connectivity index (χ3v) is 3.76. The Kier molecular flexibility index (Phi) is 3.65. The maximum atomic E-state index is 11.4. The molecule has 4 nitrogen and oxygen atoms in total. The van der Waals surface area contributed by atoms with Crippen molar-refractivity contribution in [2.45, 2.75) is 32.2 Å². The number of aryl methyl sites for hydroxylation is 1. The molecule has 1 aromatic carbocycles. The zero-order chi connectivity index (χ0) is 13.9. The van der Waals surface area contributed by atoms with Gasteiger partial charge in [-0.25, -0.2) is 4.98 Å². The van der Waals surface area contributed by atoms with Crippen LogP contribution >= 0.6 is 0 Å². The number of nitrogens with one attached hydrogen (secondary N) is 2. The highest BCUT2D eigenvalue weighted by atomic mass is 16.1. The van der Waals surface area contributed by atoms with E-state index in [2.05, 4.69) is 39.6 Å². The Bertz CT molecular complexity index is 638. The monoisotopic (exact) mass is 269 g/mol. The maximum absolute atomic E-state index is 11.4. The first-order valence-corrected chi connectivity index (χ1v) is 7.08. The molecule has 0 aliphatic heterocycles. The van der Waals surface area contributed by atoms with Crippen LogP contribution in [-0.4, -0.2) is 22.6 Å². The number of H-pyrrole nitrogens is 1. The summed E-state index contributed by atoms with van der Waals surface area (Å²) >= 11 is 0. The van der Waals surface area contributed by atoms with E-state index in [-0.39, 0.29) is 5.56 Å². The largest absolute Gasteiger partial charge is 0.313 e. The third kappa shape index (κ3) is 2.96. The molecule has 0 saturated carbocycles. The fraction of sp³-hybridized carbons (Fsp3) is 0.375. The number of benzene rings is 1. The fourth-order valence-corrected chi connectivity index (χ4v) is 2.86. The number of nitrogens with zero attached hydrogens (tertiary/aromatic N) is 1. The Balaban J connectivity index is 1.53. The molecule has 2 N–H and O–H groups in total. The summed E-state index contributed by atoms with van der Waals surface area (Å²) < 4.78 is 0. The number of rotatable bonds is 4. The molecule has 2 aromatic rings. The molecule has 0 atom stereocenters. The topological polar surface area (TPSA) is 57.8 Å². The summed E-state index contributed by atoms with van der Waals surface area (Å²) in [5.74, 6) is 0.762. The molecule has 0 bridgehead atoms. The van der Waals surface area contributed by atoms with E-state index in [9.17, 15) is 4.79 Å². The lowest BCUT2D eigenvalue weighted by Gasteiger charge is -2.11. The van der Waals surface area contributed by atoms with Crippen molar-refractivity contribution in [1.29, 1.82) is 0 Å². The van der Waals surface area contributed by atoms with Crippen molar-refractivity contribution in [1.82, 2.24) is 15.3 Å². The van der Waals surface area contributed by atoms with Crippen LogP contribution in [0.25, 0.3) is 0 Å². The van der Waals surface area contributed by atoms with E-state index in [0.29, 0.717) is 6.04 Å². The first-order chi connectivity index (χ1) is 9.70. The van der Waals surface area contributed by atoms with Gasteiger partial charge >= 0.3 is 0 Å². The molecule has 104 valence electrons. The number of hydrogen-bond donors (Lipinski definition) is 2. The number of aromatic amines is 1. The van der Waals surface area contributed by atoms with Gasteiger partial charge in [-0.1, -0.05) is 24.3 Å². The summed E-state index contributed by atoms with van der Waals surface area (Å²) in [6.07, 6.45) is 2.94. The van der Waals surface area contributed by atoms with Gasteiger partial charge in [0.2, 0.25) is 0 Å². The molecule has 1 aliphatic rings. The second-order valence-electron chi connectivity index (χ2n) is 5.41. The second kappa shape index (κ2) is 5.59. The van der Waals surface area contributed by atoms with Crippen molar-refractivity contribution in [3.63, 3.8) is 0 Å². The Labute approximate surface area is 118 Å². The Morgan fingerprint density at radius 3 is 2.65 bits per heavy atom. The summed E-state index contributed by atoms with van der Waals surface area (Å²) in [6.45, 7) is 2.69. The number of aromatic nitrogens is 2. The Hall–Kier alpha value is -1.94. The Morgan fingerprint density at radius 1 is 1.30 bits per heavy atom. The van der Waals surface area contributed by atoms with Crippen LogP contribution in [0, 0.1) is 6.92 Å². The van der Waals surface area contributed by atoms with Gasteiger partial charge < -0.3 is 10.3 Å². The molecule has 0 unspecified atom stereocenters. The summed E-state index contributed by atoms with van der Waals surface area (Å²) in [6, 6.07) is 10.6. The van der Waals surface area contributed by atoms with Crippen molar-refractivity contribution in [3.05, 3.63) is 63.3 Å². The zero-order valence-electron chi connectivity index (χ0n) is 11.6. The minimum Gasteiger partial charge on any atom is -0.313 e. The molecule has 1 aliphatic carbocycles. The second-order valence-corrected chi connectivity index (χ2v) is 5.41. The molecule has 0 radical (unpaired) electrons. The first kappa shape index (κ1) is 13.1. The minimum atomic E-state index is -0.0687. The highest BCUT2D eigenvalue weighted by Crippen LogP contribution is 2.21. The van der Waals surface area contributed by atoms with E-state index in [0.717, 1.165) is 37.3 Å². The van der Waals surface area contributed by atoms with E-state index < -0.39 is 0 Å². The van der Waals surface area contributed by atoms with E-state index in [1.54, 1.807) is 0 Å². The molecule has 0 amide bonds. The zero-order valence-corrected chi connectivity index (χ0v) is 11.6. The van der Waals surface area contributed by atoms with Gasteiger partial charge in [-0.05, 0) is 30.9 Å². The molecule has 20 heavy (non-hydrogen) atoms. The molecule has 4 heteroatoms. The van der Waals surface area contributed by atoms with Gasteiger partial charge in [0.05, 0.1) is 0 Å². The first-order valence-electron chi connectivity index (χ1n) is 7.08. The van der Waals surface area contributed by atoms with E-state index in [1.807, 2.05) is 6.92 Å². The average Bonchev–Trinajstić information content (AvgIpc) is 2.80. The molecular formula is C16H19N3O. The summed E-state index contributed by atoms with van der Waals surface area (Å²) in [5.41, 5.74) is 3.61. The van der Waals surface area contributed by atoms with Gasteiger partial charge in [0, 0.05) is 30.8 Å². The number of hydrogen-bond acceptors (Lipinski definition) is 3. The van der Waals surface area contributed by atoms with Crippen LogP contribution in [0.5, 0.6) is 0 Å². The molecule has 1 heterocycles. The molecule has 0 spiro atoms. The van der Waals surface area contributed by atoms with Crippen molar-refractivity contribution in [2.75, 3.05) is 6.54 Å². The van der Waals surface area contributed by atoms with Crippen LogP contribution in [0.3, 0.4) is 0 Å². The van der Waals surface area contributed by atoms with Crippen molar-refractivity contribution in [2.24, 2.45) is 0 Å². The summed E-state index contributed by atoms with van der Waals surface area (Å²) in [7, 11) is 0. The summed E-state index contributed by atoms with van der Waals surface area (Å²) in [4.78, 5) is 18.5. The van der Waals surface area contributed by atoms with E-state index >= 15 is 0 Å². The predicted molar refractivity (Wildman–Crippen MR) is 78.9 cm³/mol. The highest BCUT2D eigenvalue weighted by molar-refractivity contribution is 5.33. The standard InChI is InChI=1S/C16H19N3O/c1-11-8-16(20)19-15(18-11)6-7-17-14-9-12-4-2-3-5-13(12)10-14/h2-5,8,14,17H,6-7,9-10H2,1H3,(H,18,19,20). The van der Waals surface area contributed by atoms with Crippen LogP contribution in [0.1, 0.15) is 22.6 Å². The van der Waals surface area contributed by atoms with Gasteiger partial charge in [0.15, 0.2) is 0 Å². The smallest absolute Gasteiger partial charge is 0.251 e. The van der Waals surface area contributed by atoms with Gasteiger partial charge in [-0.15, -0.1) is 0 Å². The Morgan fingerprint density at radius 2 is 2.00 bits per heavy atom. The van der Waals surface area contributed by atoms with Gasteiger partial charge in [0.1, 0.15) is 5.82 Å². The van der Waals surface area contributed by atoms with Crippen LogP contribution in [0.15, 0.2) is 35.1 Å². The summed E-state index contributed by atoms with van der Waals surface area (Å²) in [5, 5.41) is 3.55. The normalized spacial score (nSPS) is 14.4. The highest BCUT2D eigenvalue weighted by Gasteiger charge is 2.19. The van der Waals surface area contributed by atoms with Crippen molar-refractivity contribution >= 4 is 0 Å². The third-order valence-electron chi connectivity index (χ3n) is 3.76. The molecule has 0 fully saturated rings. The lowest BCUT2D eigenvalue weighted by molar-refractivity contribution is 0.531. The van der Waals surface area contributed by atoms with Crippen molar-refractivity contribution in [3.8, 4) is 0 Å². The maximum Gasteiger partial charge on any atom is 0.251 e. The van der Waals surface area contributed by atoms with Crippen LogP contribution < -0.4 is 10.9 Å². The average molecular weight is 269 g/mol. The van der Waals surface area contributed by atoms with Gasteiger partial charge in [-0.3, -0.25) is 4.79 Å². The molecular weight excluding hydrogens is 250 g/mol. The molecule has 3 rings (SSSR count). The predicted octanol–water partition coefficient (Wildman–Crippen LogP) is 1.38. The lowest BCUT2D eigenvalue weighted by atomic mass is 10.1. The molecule has 0 saturated heterocycles. The van der Waals surface area contributed by atoms with Crippen LogP contribution in [0.2, 0.25) is 0 Å². The van der Waals surface area contributed by atoms with Gasteiger partial charge in [-0.2, -0.15) is 0 Å². The van der Waals surface area contributed by atoms with Gasteiger partial charge in [0.25, 0.3) is 5.56 Å². The quantitative estimate of drug-likeness (QED) is 0.881. The lowest BCUT2D eigenvalue weighted by Crippen LogP contribution is -2.32. The number of fused-ring (bicyclic) bond motifs is 1. The van der Waals surface area contributed by atoms with Crippen molar-refractivity contribution < 1.29 is 0 Å². The van der Waals surface area contributed by atoms with Crippen LogP contribution in [0.4, 0.5) is 0 Å². The fourth-order valence-electron chi connectivity index (χ4n) is 2.86. The minimum absolute atomic E-state index is 0.0687. The SMILES string of the molecule is Cc1cc(=O)[nH]c(CCNC2Cc3ccccc3C2)n1. The molecule has 1 aromatic heterocycles. The van der Waals surface area contributed by atoms with Crippen LogP contribution in [-0.2, 0) is 19.3 Å². The van der Waals surface area contributed by atoms with E-state index in [4.69, 9.17) is 0 Å².